The van der Waals surface area contributed by atoms with E-state index in [4.69, 9.17) is 0 Å². The van der Waals surface area contributed by atoms with Crippen LogP contribution in [0, 0.1) is 23.7 Å². The van der Waals surface area contributed by atoms with Crippen molar-refractivity contribution in [3.8, 4) is 0 Å². The molecule has 4 atom stereocenters. The number of aliphatic imine (C=N–C) groups is 1. The summed E-state index contributed by atoms with van der Waals surface area (Å²) in [5, 5.41) is 6.69. The molecule has 0 aromatic heterocycles. The SMILES string of the molecule is CN=C(NCCCCCN1CCCCC1)NCCCN1C(=O)C2C3C=CC(C3)C2C1=O.I. The Balaban J connectivity index is 0.00000289. The maximum Gasteiger partial charge on any atom is 0.233 e. The van der Waals surface area contributed by atoms with E-state index in [1.165, 1.54) is 56.6 Å². The molecule has 2 aliphatic carbocycles. The van der Waals surface area contributed by atoms with E-state index in [1.54, 1.807) is 7.05 Å². The average molecular weight is 558 g/mol. The van der Waals surface area contributed by atoms with E-state index in [9.17, 15) is 9.59 Å². The van der Waals surface area contributed by atoms with Gasteiger partial charge in [0.05, 0.1) is 11.8 Å². The van der Waals surface area contributed by atoms with Crippen LogP contribution in [0.4, 0.5) is 0 Å². The van der Waals surface area contributed by atoms with Gasteiger partial charge in [0, 0.05) is 26.7 Å². The van der Waals surface area contributed by atoms with Crippen molar-refractivity contribution < 1.29 is 9.59 Å². The fourth-order valence-electron chi connectivity index (χ4n) is 5.88. The zero-order valence-corrected chi connectivity index (χ0v) is 21.8. The predicted molar refractivity (Wildman–Crippen MR) is 138 cm³/mol. The number of amides is 2. The Hall–Kier alpha value is -1.16. The minimum absolute atomic E-state index is 0. The number of nitrogens with one attached hydrogen (secondary N) is 2. The zero-order chi connectivity index (χ0) is 21.6. The highest BCUT2D eigenvalue weighted by atomic mass is 127. The fourth-order valence-corrected chi connectivity index (χ4v) is 5.88. The third-order valence-corrected chi connectivity index (χ3v) is 7.53. The molecule has 4 aliphatic rings. The summed E-state index contributed by atoms with van der Waals surface area (Å²) in [6.07, 6.45) is 13.8. The van der Waals surface area contributed by atoms with Crippen LogP contribution >= 0.6 is 24.0 Å². The Labute approximate surface area is 209 Å². The van der Waals surface area contributed by atoms with Crippen molar-refractivity contribution in [2.24, 2.45) is 28.7 Å². The van der Waals surface area contributed by atoms with Gasteiger partial charge in [-0.2, -0.15) is 0 Å². The van der Waals surface area contributed by atoms with Gasteiger partial charge in [-0.1, -0.05) is 25.0 Å². The van der Waals surface area contributed by atoms with E-state index in [2.05, 4.69) is 32.7 Å². The van der Waals surface area contributed by atoms with E-state index >= 15 is 0 Å². The molecule has 2 heterocycles. The fraction of sp³-hybridized carbons (Fsp3) is 0.792. The summed E-state index contributed by atoms with van der Waals surface area (Å²) in [6, 6.07) is 0. The summed E-state index contributed by atoms with van der Waals surface area (Å²) in [7, 11) is 1.78. The normalized spacial score (nSPS) is 29.4. The largest absolute Gasteiger partial charge is 0.356 e. The maximum absolute atomic E-state index is 12.7. The van der Waals surface area contributed by atoms with Gasteiger partial charge in [-0.05, 0) is 70.0 Å². The van der Waals surface area contributed by atoms with Gasteiger partial charge in [0.15, 0.2) is 5.96 Å². The summed E-state index contributed by atoms with van der Waals surface area (Å²) in [5.74, 6) is 1.32. The third-order valence-electron chi connectivity index (χ3n) is 7.53. The predicted octanol–water partition coefficient (Wildman–Crippen LogP) is 2.62. The molecule has 8 heteroatoms. The molecule has 2 N–H and O–H groups in total. The van der Waals surface area contributed by atoms with E-state index in [0.717, 1.165) is 31.8 Å². The van der Waals surface area contributed by atoms with E-state index in [1.807, 2.05) is 0 Å². The number of carbonyl (C=O) groups is 2. The van der Waals surface area contributed by atoms with Gasteiger partial charge in [0.2, 0.25) is 11.8 Å². The van der Waals surface area contributed by atoms with Crippen LogP contribution in [0.1, 0.15) is 51.4 Å². The highest BCUT2D eigenvalue weighted by Crippen LogP contribution is 2.52. The second kappa shape index (κ2) is 12.3. The van der Waals surface area contributed by atoms with Gasteiger partial charge in [-0.15, -0.1) is 24.0 Å². The standard InChI is InChI=1S/C24H39N5O2.HI/c1-25-24(26-11-4-2-5-13-28-14-6-3-7-15-28)27-12-8-16-29-22(30)20-18-9-10-19(17-18)21(20)23(29)31;/h9-10,18-21H,2-8,11-17H2,1H3,(H2,25,26,27);1H. The number of allylic oxidation sites excluding steroid dienone is 2. The van der Waals surface area contributed by atoms with Crippen molar-refractivity contribution in [1.82, 2.24) is 20.4 Å². The van der Waals surface area contributed by atoms with Gasteiger partial charge in [0.25, 0.3) is 0 Å². The summed E-state index contributed by atoms with van der Waals surface area (Å²) < 4.78 is 0. The highest BCUT2D eigenvalue weighted by Gasteiger charge is 2.58. The first-order valence-electron chi connectivity index (χ1n) is 12.4. The van der Waals surface area contributed by atoms with Crippen LogP contribution in [0.15, 0.2) is 17.1 Å². The molecular formula is C24H40IN5O2. The van der Waals surface area contributed by atoms with E-state index < -0.39 is 0 Å². The van der Waals surface area contributed by atoms with Crippen LogP contribution in [-0.4, -0.2) is 73.9 Å². The van der Waals surface area contributed by atoms with Crippen LogP contribution in [-0.2, 0) is 9.59 Å². The van der Waals surface area contributed by atoms with Gasteiger partial charge in [0.1, 0.15) is 0 Å². The van der Waals surface area contributed by atoms with Crippen molar-refractivity contribution in [2.75, 3.05) is 46.3 Å². The van der Waals surface area contributed by atoms with Crippen molar-refractivity contribution in [2.45, 2.75) is 51.4 Å². The van der Waals surface area contributed by atoms with E-state index in [-0.39, 0.29) is 59.5 Å². The molecule has 1 saturated carbocycles. The Morgan fingerprint density at radius 3 is 2.16 bits per heavy atom. The lowest BCUT2D eigenvalue weighted by Gasteiger charge is -2.26. The first-order chi connectivity index (χ1) is 15.2. The number of hydrogen-bond donors (Lipinski definition) is 2. The lowest BCUT2D eigenvalue weighted by molar-refractivity contribution is -0.140. The first kappa shape index (κ1) is 25.5. The molecule has 2 amide bonds. The number of hydrogen-bond acceptors (Lipinski definition) is 4. The third kappa shape index (κ3) is 5.85. The lowest BCUT2D eigenvalue weighted by atomic mass is 9.85. The maximum atomic E-state index is 12.7. The molecule has 0 aromatic rings. The molecule has 3 fully saturated rings. The van der Waals surface area contributed by atoms with Crippen LogP contribution in [0.5, 0.6) is 0 Å². The van der Waals surface area contributed by atoms with Crippen LogP contribution in [0.3, 0.4) is 0 Å². The Kier molecular flexibility index (Phi) is 9.82. The second-order valence-electron chi connectivity index (χ2n) is 9.57. The van der Waals surface area contributed by atoms with Crippen molar-refractivity contribution in [3.05, 3.63) is 12.2 Å². The van der Waals surface area contributed by atoms with Gasteiger partial charge in [-0.3, -0.25) is 19.5 Å². The topological polar surface area (TPSA) is 77.0 Å². The number of fused-ring (bicyclic) bond motifs is 5. The number of unbranched alkanes of at least 4 members (excludes halogenated alkanes) is 2. The summed E-state index contributed by atoms with van der Waals surface area (Å²) in [4.78, 5) is 33.8. The number of halogens is 1. The molecule has 0 aromatic carbocycles. The molecule has 180 valence electrons. The Morgan fingerprint density at radius 2 is 1.53 bits per heavy atom. The molecule has 4 rings (SSSR count). The lowest BCUT2D eigenvalue weighted by Crippen LogP contribution is -2.40. The minimum atomic E-state index is -0.0835. The zero-order valence-electron chi connectivity index (χ0n) is 19.4. The molecule has 32 heavy (non-hydrogen) atoms. The molecule has 2 aliphatic heterocycles. The number of likely N-dealkylation sites (tertiary alicyclic amines) is 2. The van der Waals surface area contributed by atoms with Crippen LogP contribution < -0.4 is 10.6 Å². The number of piperidine rings is 1. The average Bonchev–Trinajstić information content (AvgIpc) is 3.47. The molecule has 2 bridgehead atoms. The first-order valence-corrected chi connectivity index (χ1v) is 12.4. The summed E-state index contributed by atoms with van der Waals surface area (Å²) >= 11 is 0. The summed E-state index contributed by atoms with van der Waals surface area (Å²) in [5.41, 5.74) is 0. The number of carbonyl (C=O) groups excluding carboxylic acids is 2. The van der Waals surface area contributed by atoms with Crippen LogP contribution in [0.2, 0.25) is 0 Å². The molecule has 0 radical (unpaired) electrons. The van der Waals surface area contributed by atoms with Gasteiger partial charge >= 0.3 is 0 Å². The minimum Gasteiger partial charge on any atom is -0.356 e. The number of imide groups is 1. The molecule has 2 saturated heterocycles. The second-order valence-corrected chi connectivity index (χ2v) is 9.57. The van der Waals surface area contributed by atoms with Crippen molar-refractivity contribution in [3.63, 3.8) is 0 Å². The molecule has 4 unspecified atom stereocenters. The monoisotopic (exact) mass is 557 g/mol. The quantitative estimate of drug-likeness (QED) is 0.108. The molecule has 7 nitrogen and oxygen atoms in total. The smallest absolute Gasteiger partial charge is 0.233 e. The Bertz CT molecular complexity index is 677. The summed E-state index contributed by atoms with van der Waals surface area (Å²) in [6.45, 7) is 5.92. The van der Waals surface area contributed by atoms with Crippen molar-refractivity contribution >= 4 is 41.8 Å². The number of guanidine groups is 1. The van der Waals surface area contributed by atoms with E-state index in [0.29, 0.717) is 13.1 Å². The highest BCUT2D eigenvalue weighted by molar-refractivity contribution is 14.0. The number of rotatable bonds is 10. The van der Waals surface area contributed by atoms with Gasteiger partial charge < -0.3 is 15.5 Å². The van der Waals surface area contributed by atoms with Crippen molar-refractivity contribution in [1.29, 1.82) is 0 Å². The molecular weight excluding hydrogens is 517 g/mol. The number of nitrogens with zero attached hydrogens (tertiary/aromatic N) is 3. The Morgan fingerprint density at radius 1 is 0.906 bits per heavy atom. The van der Waals surface area contributed by atoms with Crippen LogP contribution in [0.25, 0.3) is 0 Å². The van der Waals surface area contributed by atoms with Gasteiger partial charge in [-0.25, -0.2) is 0 Å². The molecule has 0 spiro atoms.